The van der Waals surface area contributed by atoms with Crippen LogP contribution in [-0.2, 0) is 24.8 Å². The van der Waals surface area contributed by atoms with Crippen LogP contribution >= 0.6 is 11.6 Å². The number of halogens is 1. The van der Waals surface area contributed by atoms with Gasteiger partial charge < -0.3 is 30.6 Å². The molecule has 0 bridgehead atoms. The van der Waals surface area contributed by atoms with Gasteiger partial charge in [0.2, 0.25) is 0 Å². The number of hydrogen-bond donors (Lipinski definition) is 3. The fourth-order valence-electron chi connectivity index (χ4n) is 3.94. The van der Waals surface area contributed by atoms with Crippen LogP contribution in [-0.4, -0.2) is 58.9 Å². The molecule has 8 nitrogen and oxygen atoms in total. The Morgan fingerprint density at radius 1 is 1.28 bits per heavy atom. The maximum absolute atomic E-state index is 11.5. The number of carbonyl (C=O) groups excluding carboxylic acids is 1. The van der Waals surface area contributed by atoms with Gasteiger partial charge in [-0.15, -0.1) is 13.2 Å². The zero-order chi connectivity index (χ0) is 32.8. The summed E-state index contributed by atoms with van der Waals surface area (Å²) in [6, 6.07) is 6.07. The summed E-state index contributed by atoms with van der Waals surface area (Å²) in [4.78, 5) is 17.2. The largest absolute Gasteiger partial charge is 0.443 e. The van der Waals surface area contributed by atoms with Gasteiger partial charge in [-0.1, -0.05) is 56.7 Å². The summed E-state index contributed by atoms with van der Waals surface area (Å²) in [5.41, 5.74) is 9.83. The normalized spacial score (nSPS) is 15.0. The molecule has 2 fully saturated rings. The molecule has 4 rings (SSSR count). The van der Waals surface area contributed by atoms with Gasteiger partial charge in [-0.25, -0.2) is 9.78 Å². The first-order valence-electron chi connectivity index (χ1n) is 15.2. The van der Waals surface area contributed by atoms with Gasteiger partial charge in [-0.3, -0.25) is 0 Å². The molecule has 2 aliphatic rings. The van der Waals surface area contributed by atoms with Crippen LogP contribution < -0.4 is 16.4 Å². The number of amides is 1. The average Bonchev–Trinajstić information content (AvgIpc) is 3.59. The molecule has 1 amide bonds. The van der Waals surface area contributed by atoms with Crippen LogP contribution in [0.2, 0.25) is 5.02 Å². The van der Waals surface area contributed by atoms with Crippen molar-refractivity contribution in [1.29, 1.82) is 0 Å². The van der Waals surface area contributed by atoms with Gasteiger partial charge in [0.25, 0.3) is 0 Å². The molecule has 1 aromatic heterocycles. The van der Waals surface area contributed by atoms with Crippen molar-refractivity contribution in [3.05, 3.63) is 84.6 Å². The third-order valence-electron chi connectivity index (χ3n) is 6.64. The van der Waals surface area contributed by atoms with Crippen molar-refractivity contribution in [2.45, 2.75) is 73.0 Å². The number of rotatable bonds is 8. The Hall–Kier alpha value is -3.07. The van der Waals surface area contributed by atoms with E-state index >= 15 is 0 Å². The van der Waals surface area contributed by atoms with Gasteiger partial charge in [-0.05, 0) is 75.4 Å². The summed E-state index contributed by atoms with van der Waals surface area (Å²) in [6.45, 7) is 27.1. The number of nitrogens with one attached hydrogen (secondary N) is 2. The second-order valence-corrected chi connectivity index (χ2v) is 11.0. The number of ether oxygens (including phenoxy) is 1. The van der Waals surface area contributed by atoms with E-state index in [0.29, 0.717) is 12.5 Å². The van der Waals surface area contributed by atoms with Crippen molar-refractivity contribution in [3.8, 4) is 0 Å². The minimum Gasteiger partial charge on any atom is -0.443 e. The van der Waals surface area contributed by atoms with E-state index in [4.69, 9.17) is 22.1 Å². The van der Waals surface area contributed by atoms with Crippen LogP contribution in [0.25, 0.3) is 5.57 Å². The minimum atomic E-state index is -0.137. The highest BCUT2D eigenvalue weighted by atomic mass is 35.5. The Bertz CT molecular complexity index is 1090. The number of hydrogen-bond acceptors (Lipinski definition) is 6. The molecule has 1 saturated carbocycles. The van der Waals surface area contributed by atoms with E-state index in [1.54, 1.807) is 17.4 Å². The molecule has 1 saturated heterocycles. The number of nitrogens with two attached hydrogens (primary N) is 1. The fraction of sp³-hybridized carbons (Fsp3) is 0.529. The predicted molar refractivity (Wildman–Crippen MR) is 184 cm³/mol. The molecular formula is C34H57ClN6O2. The van der Waals surface area contributed by atoms with E-state index < -0.39 is 0 Å². The highest BCUT2D eigenvalue weighted by Crippen LogP contribution is 2.39. The molecule has 0 radical (unpaired) electrons. The Kier molecular flexibility index (Phi) is 20.9. The molecule has 1 aromatic carbocycles. The lowest BCUT2D eigenvalue weighted by molar-refractivity contribution is 0.0555. The van der Waals surface area contributed by atoms with E-state index in [-0.39, 0.29) is 11.7 Å². The number of aryl methyl sites for hydroxylation is 1. The van der Waals surface area contributed by atoms with Crippen LogP contribution in [0.15, 0.2) is 62.7 Å². The summed E-state index contributed by atoms with van der Waals surface area (Å²) >= 11 is 6.04. The topological polar surface area (TPSA) is 97.4 Å². The molecule has 2 aromatic rings. The lowest BCUT2D eigenvalue weighted by atomic mass is 9.94. The van der Waals surface area contributed by atoms with E-state index in [9.17, 15) is 4.79 Å². The molecule has 4 N–H and O–H groups in total. The lowest BCUT2D eigenvalue weighted by Crippen LogP contribution is -2.47. The molecule has 0 spiro atoms. The predicted octanol–water partition coefficient (Wildman–Crippen LogP) is 6.96. The van der Waals surface area contributed by atoms with Gasteiger partial charge in [0.1, 0.15) is 5.60 Å². The average molecular weight is 617 g/mol. The highest BCUT2D eigenvalue weighted by Gasteiger charge is 2.42. The fourth-order valence-corrected chi connectivity index (χ4v) is 4.11. The van der Waals surface area contributed by atoms with Gasteiger partial charge in [-0.2, -0.15) is 0 Å². The Balaban J connectivity index is 0.000000615. The van der Waals surface area contributed by atoms with Crippen LogP contribution in [0.3, 0.4) is 0 Å². The molecule has 1 atom stereocenters. The number of nitrogens with zero attached hydrogens (tertiary/aromatic N) is 3. The van der Waals surface area contributed by atoms with Crippen molar-refractivity contribution in [2.75, 3.05) is 32.7 Å². The van der Waals surface area contributed by atoms with E-state index in [0.717, 1.165) is 68.3 Å². The molecular weight excluding hydrogens is 560 g/mol. The summed E-state index contributed by atoms with van der Waals surface area (Å²) in [5.74, 6) is 0.570. The Morgan fingerprint density at radius 3 is 2.37 bits per heavy atom. The molecule has 1 aliphatic carbocycles. The van der Waals surface area contributed by atoms with Crippen LogP contribution in [0.1, 0.15) is 71.2 Å². The first kappa shape index (κ1) is 39.9. The van der Waals surface area contributed by atoms with Crippen molar-refractivity contribution in [2.24, 2.45) is 18.7 Å². The van der Waals surface area contributed by atoms with E-state index in [2.05, 4.69) is 48.3 Å². The third kappa shape index (κ3) is 16.4. The maximum atomic E-state index is 11.5. The first-order chi connectivity index (χ1) is 20.6. The van der Waals surface area contributed by atoms with Crippen LogP contribution in [0.5, 0.6) is 0 Å². The summed E-state index contributed by atoms with van der Waals surface area (Å²) in [7, 11) is 1.93. The maximum Gasteiger partial charge on any atom is 0.410 e. The summed E-state index contributed by atoms with van der Waals surface area (Å²) < 4.78 is 7.25. The zero-order valence-electron chi connectivity index (χ0n) is 27.7. The number of aromatic nitrogens is 2. The van der Waals surface area contributed by atoms with Crippen LogP contribution in [0, 0.1) is 5.92 Å². The quantitative estimate of drug-likeness (QED) is 0.277. The van der Waals surface area contributed by atoms with Crippen molar-refractivity contribution in [1.82, 2.24) is 25.1 Å². The van der Waals surface area contributed by atoms with Crippen molar-refractivity contribution < 1.29 is 9.53 Å². The number of piperazine rings is 1. The van der Waals surface area contributed by atoms with Gasteiger partial charge in [0.15, 0.2) is 0 Å². The summed E-state index contributed by atoms with van der Waals surface area (Å²) in [5, 5.41) is 7.26. The first-order valence-corrected chi connectivity index (χ1v) is 15.6. The zero-order valence-corrected chi connectivity index (χ0v) is 28.5. The van der Waals surface area contributed by atoms with Crippen LogP contribution in [0.4, 0.5) is 4.79 Å². The molecule has 43 heavy (non-hydrogen) atoms. The Morgan fingerprint density at radius 2 is 1.91 bits per heavy atom. The number of imidazole rings is 1. The molecule has 9 heteroatoms. The third-order valence-corrected chi connectivity index (χ3v) is 6.87. The molecule has 242 valence electrons. The van der Waals surface area contributed by atoms with Gasteiger partial charge >= 0.3 is 6.09 Å². The van der Waals surface area contributed by atoms with Crippen molar-refractivity contribution >= 4 is 23.3 Å². The van der Waals surface area contributed by atoms with E-state index in [1.807, 2.05) is 70.6 Å². The molecule has 1 unspecified atom stereocenters. The highest BCUT2D eigenvalue weighted by molar-refractivity contribution is 6.30. The lowest BCUT2D eigenvalue weighted by Gasteiger charge is -2.27. The van der Waals surface area contributed by atoms with Crippen molar-refractivity contribution in [3.63, 3.8) is 0 Å². The molecule has 1 aliphatic heterocycles. The number of benzene rings is 1. The smallest absolute Gasteiger partial charge is 0.410 e. The standard InChI is InChI=1S/C16H22ClN.C9H16N2O2.C5H9N3.C2H6.C2H4/c1-5-8-18-11-13(4)9-14-6-7-15(17)10-16(14)12(2)3;1-9(2-3-9)13-8(12)11-6-4-10-5-7-11;1-8-4-7-3-5(8)2-6;2*1-2/h5-8,10,13,18H,2,9,11H2,1,3-4H3;10H,2-7H2,1H3;3-4H,2,6H2,1H3;1-2H3;1-2H2/b8-5-;;;;. The summed E-state index contributed by atoms with van der Waals surface area (Å²) in [6.07, 6.45) is 10.4. The minimum absolute atomic E-state index is 0.137. The second kappa shape index (κ2) is 22.5. The number of allylic oxidation sites excluding steroid dienone is 2. The monoisotopic (exact) mass is 616 g/mol. The van der Waals surface area contributed by atoms with Gasteiger partial charge in [0.05, 0.1) is 12.0 Å². The Labute approximate surface area is 266 Å². The number of carbonyl (C=O) groups is 1. The van der Waals surface area contributed by atoms with E-state index in [1.165, 1.54) is 11.1 Å². The SMILES string of the molecule is C=C.C=C(C)c1cc(Cl)ccc1CC(C)CN/C=C\C.CC.CC1(OC(=O)N2CCNCC2)CC1.Cn1cncc1CN. The second-order valence-electron chi connectivity index (χ2n) is 10.6. The molecule has 2 heterocycles. The van der Waals surface area contributed by atoms with Gasteiger partial charge in [0, 0.05) is 57.5 Å².